The molecule has 3 rings (SSSR count). The second kappa shape index (κ2) is 7.85. The largest absolute Gasteiger partial charge is 0.496 e. The fourth-order valence-electron chi connectivity index (χ4n) is 2.38. The van der Waals surface area contributed by atoms with Gasteiger partial charge in [-0.15, -0.1) is 0 Å². The standard InChI is InChI=1S/C19H19ClN4O/c1-13-7-8-15(9-16(13)20)24-19-10-18(22-12-23-19)21-11-14-5-3-4-6-17(14)25-2/h3-10,12H,11H2,1-2H3,(H2,21,22,23,24). The predicted octanol–water partition coefficient (Wildman–Crippen LogP) is 4.80. The van der Waals surface area contributed by atoms with Crippen LogP contribution in [0.15, 0.2) is 54.9 Å². The molecule has 2 N–H and O–H groups in total. The first-order valence-corrected chi connectivity index (χ1v) is 8.24. The summed E-state index contributed by atoms with van der Waals surface area (Å²) < 4.78 is 5.36. The van der Waals surface area contributed by atoms with E-state index in [1.807, 2.05) is 55.5 Å². The zero-order valence-corrected chi connectivity index (χ0v) is 14.8. The lowest BCUT2D eigenvalue weighted by molar-refractivity contribution is 0.410. The molecule has 2 aromatic carbocycles. The molecule has 0 saturated heterocycles. The first-order valence-electron chi connectivity index (χ1n) is 7.86. The third kappa shape index (κ3) is 4.39. The predicted molar refractivity (Wildman–Crippen MR) is 102 cm³/mol. The van der Waals surface area contributed by atoms with Gasteiger partial charge in [-0.25, -0.2) is 9.97 Å². The number of ether oxygens (including phenoxy) is 1. The number of para-hydroxylation sites is 1. The molecule has 0 saturated carbocycles. The Morgan fingerprint density at radius 3 is 2.64 bits per heavy atom. The highest BCUT2D eigenvalue weighted by atomic mass is 35.5. The van der Waals surface area contributed by atoms with Gasteiger partial charge in [0.05, 0.1) is 7.11 Å². The number of anilines is 3. The molecule has 0 aliphatic rings. The zero-order valence-electron chi connectivity index (χ0n) is 14.1. The Morgan fingerprint density at radius 1 is 1.04 bits per heavy atom. The first kappa shape index (κ1) is 17.0. The quantitative estimate of drug-likeness (QED) is 0.665. The summed E-state index contributed by atoms with van der Waals surface area (Å²) in [5.41, 5.74) is 2.97. The highest BCUT2D eigenvalue weighted by Gasteiger charge is 2.04. The van der Waals surface area contributed by atoms with E-state index in [1.165, 1.54) is 6.33 Å². The fourth-order valence-corrected chi connectivity index (χ4v) is 2.56. The molecule has 0 fully saturated rings. The van der Waals surface area contributed by atoms with Crippen LogP contribution in [-0.2, 0) is 6.54 Å². The Morgan fingerprint density at radius 2 is 1.84 bits per heavy atom. The van der Waals surface area contributed by atoms with Crippen LogP contribution in [0.2, 0.25) is 5.02 Å². The number of methoxy groups -OCH3 is 1. The summed E-state index contributed by atoms with van der Waals surface area (Å²) >= 11 is 6.16. The Bertz CT molecular complexity index is 870. The third-order valence-electron chi connectivity index (χ3n) is 3.76. The highest BCUT2D eigenvalue weighted by molar-refractivity contribution is 6.31. The minimum atomic E-state index is 0.608. The van der Waals surface area contributed by atoms with Crippen LogP contribution in [-0.4, -0.2) is 17.1 Å². The minimum Gasteiger partial charge on any atom is -0.496 e. The maximum absolute atomic E-state index is 6.16. The molecular weight excluding hydrogens is 336 g/mol. The van der Waals surface area contributed by atoms with Gasteiger partial charge in [0, 0.05) is 28.9 Å². The molecule has 0 atom stereocenters. The van der Waals surface area contributed by atoms with E-state index in [4.69, 9.17) is 16.3 Å². The summed E-state index contributed by atoms with van der Waals surface area (Å²) in [7, 11) is 1.66. The molecule has 1 heterocycles. The van der Waals surface area contributed by atoms with E-state index >= 15 is 0 Å². The van der Waals surface area contributed by atoms with Crippen LogP contribution in [0.1, 0.15) is 11.1 Å². The second-order valence-corrected chi connectivity index (χ2v) is 5.95. The maximum Gasteiger partial charge on any atom is 0.135 e. The van der Waals surface area contributed by atoms with Gasteiger partial charge in [-0.2, -0.15) is 0 Å². The molecule has 6 heteroatoms. The van der Waals surface area contributed by atoms with Crippen molar-refractivity contribution in [3.63, 3.8) is 0 Å². The number of aryl methyl sites for hydroxylation is 1. The van der Waals surface area contributed by atoms with E-state index in [1.54, 1.807) is 7.11 Å². The Balaban J connectivity index is 1.70. The van der Waals surface area contributed by atoms with Gasteiger partial charge in [0.1, 0.15) is 23.7 Å². The van der Waals surface area contributed by atoms with Gasteiger partial charge >= 0.3 is 0 Å². The molecule has 0 radical (unpaired) electrons. The molecule has 0 spiro atoms. The number of hydrogen-bond acceptors (Lipinski definition) is 5. The molecule has 0 aliphatic heterocycles. The van der Waals surface area contributed by atoms with Gasteiger partial charge < -0.3 is 15.4 Å². The van der Waals surface area contributed by atoms with Crippen LogP contribution in [0.25, 0.3) is 0 Å². The van der Waals surface area contributed by atoms with E-state index < -0.39 is 0 Å². The molecule has 0 aliphatic carbocycles. The van der Waals surface area contributed by atoms with Crippen molar-refractivity contribution >= 4 is 28.9 Å². The zero-order chi connectivity index (χ0) is 17.6. The van der Waals surface area contributed by atoms with Gasteiger partial charge in [-0.3, -0.25) is 0 Å². The van der Waals surface area contributed by atoms with Gasteiger partial charge in [0.25, 0.3) is 0 Å². The minimum absolute atomic E-state index is 0.608. The summed E-state index contributed by atoms with van der Waals surface area (Å²) in [5, 5.41) is 7.23. The summed E-state index contributed by atoms with van der Waals surface area (Å²) in [5.74, 6) is 2.26. The second-order valence-electron chi connectivity index (χ2n) is 5.54. The molecule has 1 aromatic heterocycles. The van der Waals surface area contributed by atoms with E-state index in [0.717, 1.165) is 28.4 Å². The van der Waals surface area contributed by atoms with E-state index in [9.17, 15) is 0 Å². The van der Waals surface area contributed by atoms with Crippen LogP contribution in [0.3, 0.4) is 0 Å². The molecule has 0 bridgehead atoms. The summed E-state index contributed by atoms with van der Waals surface area (Å²) in [4.78, 5) is 8.50. The molecule has 0 unspecified atom stereocenters. The number of halogens is 1. The van der Waals surface area contributed by atoms with Crippen molar-refractivity contribution in [3.05, 3.63) is 71.0 Å². The highest BCUT2D eigenvalue weighted by Crippen LogP contribution is 2.23. The average molecular weight is 355 g/mol. The third-order valence-corrected chi connectivity index (χ3v) is 4.17. The van der Waals surface area contributed by atoms with Crippen molar-refractivity contribution in [1.29, 1.82) is 0 Å². The smallest absolute Gasteiger partial charge is 0.135 e. The number of aromatic nitrogens is 2. The van der Waals surface area contributed by atoms with Gasteiger partial charge in [-0.1, -0.05) is 35.9 Å². The lowest BCUT2D eigenvalue weighted by Crippen LogP contribution is -2.04. The van der Waals surface area contributed by atoms with Crippen molar-refractivity contribution in [3.8, 4) is 5.75 Å². The Labute approximate surface area is 152 Å². The molecular formula is C19H19ClN4O. The molecule has 0 amide bonds. The van der Waals surface area contributed by atoms with Crippen molar-refractivity contribution in [2.24, 2.45) is 0 Å². The number of benzene rings is 2. The topological polar surface area (TPSA) is 59.1 Å². The van der Waals surface area contributed by atoms with Gasteiger partial charge in [0.15, 0.2) is 0 Å². The van der Waals surface area contributed by atoms with Crippen molar-refractivity contribution in [1.82, 2.24) is 9.97 Å². The average Bonchev–Trinajstić information content (AvgIpc) is 2.63. The summed E-state index contributed by atoms with van der Waals surface area (Å²) in [6.45, 7) is 2.58. The number of rotatable bonds is 6. The lowest BCUT2D eigenvalue weighted by atomic mass is 10.2. The Kier molecular flexibility index (Phi) is 5.36. The number of hydrogen-bond donors (Lipinski definition) is 2. The van der Waals surface area contributed by atoms with Gasteiger partial charge in [-0.05, 0) is 30.7 Å². The lowest BCUT2D eigenvalue weighted by Gasteiger charge is -2.11. The van der Waals surface area contributed by atoms with Crippen LogP contribution < -0.4 is 15.4 Å². The van der Waals surface area contributed by atoms with Crippen LogP contribution in [0, 0.1) is 6.92 Å². The van der Waals surface area contributed by atoms with E-state index in [-0.39, 0.29) is 0 Å². The maximum atomic E-state index is 6.16. The monoisotopic (exact) mass is 354 g/mol. The summed E-state index contributed by atoms with van der Waals surface area (Å²) in [6, 6.07) is 15.5. The summed E-state index contributed by atoms with van der Waals surface area (Å²) in [6.07, 6.45) is 1.52. The first-order chi connectivity index (χ1) is 12.2. The van der Waals surface area contributed by atoms with Crippen LogP contribution >= 0.6 is 11.6 Å². The molecule has 25 heavy (non-hydrogen) atoms. The fraction of sp³-hybridized carbons (Fsp3) is 0.158. The van der Waals surface area contributed by atoms with Crippen molar-refractivity contribution < 1.29 is 4.74 Å². The van der Waals surface area contributed by atoms with Crippen molar-refractivity contribution in [2.45, 2.75) is 13.5 Å². The number of nitrogens with one attached hydrogen (secondary N) is 2. The van der Waals surface area contributed by atoms with Gasteiger partial charge in [0.2, 0.25) is 0 Å². The Hall–Kier alpha value is -2.79. The normalized spacial score (nSPS) is 10.4. The van der Waals surface area contributed by atoms with Crippen LogP contribution in [0.5, 0.6) is 5.75 Å². The molecule has 5 nitrogen and oxygen atoms in total. The SMILES string of the molecule is COc1ccccc1CNc1cc(Nc2ccc(C)c(Cl)c2)ncn1. The molecule has 3 aromatic rings. The number of nitrogens with zero attached hydrogens (tertiary/aromatic N) is 2. The van der Waals surface area contributed by atoms with E-state index in [2.05, 4.69) is 20.6 Å². The van der Waals surface area contributed by atoms with E-state index in [0.29, 0.717) is 17.4 Å². The van der Waals surface area contributed by atoms with Crippen molar-refractivity contribution in [2.75, 3.05) is 17.7 Å². The molecule has 128 valence electrons. The van der Waals surface area contributed by atoms with Crippen LogP contribution in [0.4, 0.5) is 17.3 Å².